The van der Waals surface area contributed by atoms with Crippen LogP contribution in [0.4, 0.5) is 0 Å². The Morgan fingerprint density at radius 1 is 1.07 bits per heavy atom. The number of amides is 1. The highest BCUT2D eigenvalue weighted by Gasteiger charge is 2.23. The van der Waals surface area contributed by atoms with Crippen molar-refractivity contribution < 1.29 is 46.8 Å². The van der Waals surface area contributed by atoms with Gasteiger partial charge in [-0.3, -0.25) is 14.1 Å². The predicted molar refractivity (Wildman–Crippen MR) is 165 cm³/mol. The van der Waals surface area contributed by atoms with Crippen LogP contribution in [0.25, 0.3) is 11.8 Å². The fourth-order valence-corrected chi connectivity index (χ4v) is 5.80. The number of nitrogens with zero attached hydrogens (tertiary/aromatic N) is 2. The zero-order chi connectivity index (χ0) is 32.6. The lowest BCUT2D eigenvalue weighted by Crippen LogP contribution is -2.35. The summed E-state index contributed by atoms with van der Waals surface area (Å²) in [6, 6.07) is 8.32. The average molecular weight is 644 g/mol. The van der Waals surface area contributed by atoms with Crippen molar-refractivity contribution in [2.75, 3.05) is 33.4 Å². The number of aromatic nitrogens is 2. The zero-order valence-electron chi connectivity index (χ0n) is 25.6. The van der Waals surface area contributed by atoms with Crippen LogP contribution in [-0.2, 0) is 32.5 Å². The van der Waals surface area contributed by atoms with E-state index in [0.29, 0.717) is 58.6 Å². The number of hydrogen-bond donors (Lipinski definition) is 2. The maximum Gasteiger partial charge on any atom is 0.331 e. The van der Waals surface area contributed by atoms with E-state index < -0.39 is 28.5 Å². The first-order valence-electron chi connectivity index (χ1n) is 14.4. The average Bonchev–Trinajstić information content (AvgIpc) is 3.63. The maximum atomic E-state index is 12.5. The monoisotopic (exact) mass is 643 g/mol. The molecule has 0 fully saturated rings. The van der Waals surface area contributed by atoms with Gasteiger partial charge in [-0.1, -0.05) is 20.3 Å². The summed E-state index contributed by atoms with van der Waals surface area (Å²) in [5, 5.41) is 10.2. The lowest BCUT2D eigenvalue weighted by atomic mass is 10.0. The number of unbranched alkanes of at least 4 members (excludes halogenated alkanes) is 1. The first-order chi connectivity index (χ1) is 21.6. The van der Waals surface area contributed by atoms with Gasteiger partial charge >= 0.3 is 5.97 Å². The van der Waals surface area contributed by atoms with Crippen LogP contribution in [0, 0.1) is 0 Å². The lowest BCUT2D eigenvalue weighted by Gasteiger charge is -2.17. The van der Waals surface area contributed by atoms with E-state index >= 15 is 0 Å². The van der Waals surface area contributed by atoms with Gasteiger partial charge in [0.05, 0.1) is 37.6 Å². The lowest BCUT2D eigenvalue weighted by molar-refractivity contribution is -0.132. The number of ether oxygens (including phenoxy) is 5. The van der Waals surface area contributed by atoms with Crippen molar-refractivity contribution in [3.63, 3.8) is 0 Å². The molecule has 1 amide bonds. The summed E-state index contributed by atoms with van der Waals surface area (Å²) in [6.07, 6.45) is 5.72. The van der Waals surface area contributed by atoms with Gasteiger partial charge < -0.3 is 28.8 Å². The van der Waals surface area contributed by atoms with Crippen molar-refractivity contribution in [3.05, 3.63) is 59.2 Å². The quantitative estimate of drug-likeness (QED) is 0.218. The number of aliphatic carboxylic acids is 1. The molecule has 0 spiro atoms. The Hall–Kier alpha value is -4.72. The Bertz CT molecular complexity index is 1680. The third kappa shape index (κ3) is 8.26. The summed E-state index contributed by atoms with van der Waals surface area (Å²) in [6.45, 7) is 3.21. The molecule has 2 N–H and O–H groups in total. The molecule has 0 saturated carbocycles. The van der Waals surface area contributed by atoms with Gasteiger partial charge in [-0.15, -0.1) is 0 Å². The van der Waals surface area contributed by atoms with Crippen molar-refractivity contribution in [1.29, 1.82) is 0 Å². The van der Waals surface area contributed by atoms with Gasteiger partial charge in [0.15, 0.2) is 18.1 Å². The van der Waals surface area contributed by atoms with Gasteiger partial charge in [-0.05, 0) is 37.1 Å². The number of nitrogens with one attached hydrogen (secondary N) is 1. The standard InChI is InChI=1S/C31H37N3O10S/c1-5-7-8-29-32-17-22(13-21(31(36)37)12-20-14-27-28(44-19-43-27)16-25(20)41-4)34(29)24-10-9-23(40-3)15-26(24)42-18-30(35)33-45(38,39)11-6-2/h9-10,13-17H,5-8,11-12,18-19H2,1-4H3,(H,33,35)(H,36,37)/b21-13+. The van der Waals surface area contributed by atoms with E-state index in [1.807, 2.05) is 11.6 Å². The van der Waals surface area contributed by atoms with Gasteiger partial charge in [-0.25, -0.2) is 18.2 Å². The summed E-state index contributed by atoms with van der Waals surface area (Å²) >= 11 is 0. The highest BCUT2D eigenvalue weighted by atomic mass is 32.2. The Morgan fingerprint density at radius 2 is 1.82 bits per heavy atom. The minimum absolute atomic E-state index is 0.00297. The fourth-order valence-electron chi connectivity index (χ4n) is 4.75. The second kappa shape index (κ2) is 14.8. The molecule has 2 aromatic carbocycles. The van der Waals surface area contributed by atoms with Crippen LogP contribution in [0.1, 0.15) is 50.2 Å². The van der Waals surface area contributed by atoms with E-state index in [0.717, 1.165) is 12.8 Å². The molecule has 13 nitrogen and oxygen atoms in total. The predicted octanol–water partition coefficient (Wildman–Crippen LogP) is 3.91. The van der Waals surface area contributed by atoms with Crippen molar-refractivity contribution in [1.82, 2.24) is 14.3 Å². The highest BCUT2D eigenvalue weighted by Crippen LogP contribution is 2.39. The molecular formula is C31H37N3O10S. The molecule has 1 aromatic heterocycles. The van der Waals surface area contributed by atoms with E-state index in [9.17, 15) is 23.1 Å². The number of aryl methyl sites for hydroxylation is 1. The molecule has 3 aromatic rings. The first kappa shape index (κ1) is 33.2. The van der Waals surface area contributed by atoms with Crippen molar-refractivity contribution in [2.24, 2.45) is 0 Å². The molecule has 45 heavy (non-hydrogen) atoms. The Morgan fingerprint density at radius 3 is 2.49 bits per heavy atom. The van der Waals surface area contributed by atoms with E-state index in [2.05, 4.69) is 4.98 Å². The number of carbonyl (C=O) groups excluding carboxylic acids is 1. The molecular weight excluding hydrogens is 606 g/mol. The van der Waals surface area contributed by atoms with E-state index in [4.69, 9.17) is 23.7 Å². The van der Waals surface area contributed by atoms with E-state index in [1.165, 1.54) is 20.3 Å². The minimum atomic E-state index is -3.79. The molecule has 4 rings (SSSR count). The number of imidazole rings is 1. The molecule has 0 bridgehead atoms. The molecule has 0 radical (unpaired) electrons. The third-order valence-corrected chi connectivity index (χ3v) is 8.36. The Balaban J connectivity index is 1.75. The van der Waals surface area contributed by atoms with Gasteiger partial charge in [0.25, 0.3) is 5.91 Å². The van der Waals surface area contributed by atoms with Crippen LogP contribution in [-0.4, -0.2) is 68.3 Å². The maximum absolute atomic E-state index is 12.5. The first-order valence-corrected chi connectivity index (χ1v) is 16.1. The van der Waals surface area contributed by atoms with Gasteiger partial charge in [-0.2, -0.15) is 0 Å². The van der Waals surface area contributed by atoms with Crippen LogP contribution in [0.15, 0.2) is 42.1 Å². The highest BCUT2D eigenvalue weighted by molar-refractivity contribution is 7.90. The number of carbonyl (C=O) groups is 2. The Labute approximate surface area is 261 Å². The fraction of sp³-hybridized carbons (Fsp3) is 0.387. The third-order valence-electron chi connectivity index (χ3n) is 6.88. The van der Waals surface area contributed by atoms with Crippen LogP contribution in [0.2, 0.25) is 0 Å². The van der Waals surface area contributed by atoms with Crippen LogP contribution < -0.4 is 28.4 Å². The van der Waals surface area contributed by atoms with Gasteiger partial charge in [0, 0.05) is 36.1 Å². The molecule has 1 aliphatic rings. The summed E-state index contributed by atoms with van der Waals surface area (Å²) < 4.78 is 55.5. The number of benzene rings is 2. The molecule has 242 valence electrons. The molecule has 14 heteroatoms. The van der Waals surface area contributed by atoms with Crippen LogP contribution in [0.5, 0.6) is 28.7 Å². The number of carboxylic acids is 1. The Kier molecular flexibility index (Phi) is 10.9. The van der Waals surface area contributed by atoms with Gasteiger partial charge in [0.2, 0.25) is 16.8 Å². The van der Waals surface area contributed by atoms with Crippen LogP contribution >= 0.6 is 0 Å². The normalized spacial score (nSPS) is 12.6. The largest absolute Gasteiger partial charge is 0.497 e. The molecule has 0 atom stereocenters. The summed E-state index contributed by atoms with van der Waals surface area (Å²) in [4.78, 5) is 29.6. The van der Waals surface area contributed by atoms with E-state index in [1.54, 1.807) is 48.0 Å². The number of carboxylic acid groups (broad SMARTS) is 1. The van der Waals surface area contributed by atoms with Crippen LogP contribution in [0.3, 0.4) is 0 Å². The summed E-state index contributed by atoms with van der Waals surface area (Å²) in [5.74, 6) is 0.561. The second-order valence-corrected chi connectivity index (χ2v) is 12.0. The minimum Gasteiger partial charge on any atom is -0.497 e. The SMILES string of the molecule is CCCCc1ncc(/C=C(\Cc2cc3c(cc2OC)OCO3)C(=O)O)n1-c1ccc(OC)cc1OCC(=O)NS(=O)(=O)CCC. The molecule has 0 unspecified atom stereocenters. The smallest absolute Gasteiger partial charge is 0.331 e. The van der Waals surface area contributed by atoms with Crippen molar-refractivity contribution >= 4 is 28.0 Å². The number of fused-ring (bicyclic) bond motifs is 1. The molecule has 0 saturated heterocycles. The number of rotatable bonds is 16. The summed E-state index contributed by atoms with van der Waals surface area (Å²) in [7, 11) is -0.820. The molecule has 0 aliphatic carbocycles. The summed E-state index contributed by atoms with van der Waals surface area (Å²) in [5.41, 5.74) is 1.54. The zero-order valence-corrected chi connectivity index (χ0v) is 26.4. The van der Waals surface area contributed by atoms with Gasteiger partial charge in [0.1, 0.15) is 23.1 Å². The molecule has 1 aliphatic heterocycles. The number of sulfonamides is 1. The number of hydrogen-bond acceptors (Lipinski definition) is 10. The van der Waals surface area contributed by atoms with Crippen molar-refractivity contribution in [3.8, 4) is 34.4 Å². The topological polar surface area (TPSA) is 165 Å². The second-order valence-electron chi connectivity index (χ2n) is 10.2. The van der Waals surface area contributed by atoms with Crippen molar-refractivity contribution in [2.45, 2.75) is 46.0 Å². The number of methoxy groups -OCH3 is 2. The molecule has 2 heterocycles. The van der Waals surface area contributed by atoms with E-state index in [-0.39, 0.29) is 30.3 Å².